The number of hydrogen-bond acceptors (Lipinski definition) is 4. The Bertz CT molecular complexity index is 1520. The summed E-state index contributed by atoms with van der Waals surface area (Å²) in [6.45, 7) is 2.56. The molecule has 10 heteroatoms. The second-order valence-corrected chi connectivity index (χ2v) is 10.9. The van der Waals surface area contributed by atoms with Crippen LogP contribution in [0.25, 0.3) is 5.69 Å². The number of pyridine rings is 1. The van der Waals surface area contributed by atoms with Crippen LogP contribution in [0.2, 0.25) is 0 Å². The van der Waals surface area contributed by atoms with Gasteiger partial charge in [-0.05, 0) is 84.1 Å². The first-order valence-corrected chi connectivity index (χ1v) is 13.6. The molecule has 2 aromatic heterocycles. The molecular weight excluding hydrogens is 605 g/mol. The van der Waals surface area contributed by atoms with E-state index in [1.54, 1.807) is 29.1 Å². The molecule has 0 spiro atoms. The van der Waals surface area contributed by atoms with Gasteiger partial charge in [0, 0.05) is 29.0 Å². The lowest BCUT2D eigenvalue weighted by Crippen LogP contribution is -2.39. The number of hydrogen-bond donors (Lipinski definition) is 0. The third-order valence-corrected chi connectivity index (χ3v) is 7.80. The summed E-state index contributed by atoms with van der Waals surface area (Å²) < 4.78 is 18.1. The molecular formula is C27H24Br2FN5O2. The van der Waals surface area contributed by atoms with Crippen molar-refractivity contribution in [2.24, 2.45) is 0 Å². The van der Waals surface area contributed by atoms with E-state index in [0.717, 1.165) is 29.3 Å². The van der Waals surface area contributed by atoms with Crippen LogP contribution in [-0.4, -0.2) is 36.9 Å². The van der Waals surface area contributed by atoms with Crippen molar-refractivity contribution in [2.75, 3.05) is 6.54 Å². The molecule has 5 rings (SSSR count). The van der Waals surface area contributed by atoms with Crippen molar-refractivity contribution in [1.82, 2.24) is 24.5 Å². The Labute approximate surface area is 230 Å². The maximum atomic E-state index is 13.7. The van der Waals surface area contributed by atoms with E-state index >= 15 is 0 Å². The number of aromatic nitrogens is 4. The molecule has 0 bridgehead atoms. The molecule has 1 amide bonds. The highest BCUT2D eigenvalue weighted by atomic mass is 79.9. The van der Waals surface area contributed by atoms with Gasteiger partial charge >= 0.3 is 0 Å². The van der Waals surface area contributed by atoms with Gasteiger partial charge in [0.25, 0.3) is 11.5 Å². The second-order valence-electron chi connectivity index (χ2n) is 9.09. The number of piperidine rings is 1. The fourth-order valence-corrected chi connectivity index (χ4v) is 5.43. The minimum atomic E-state index is -0.321. The smallest absolute Gasteiger partial charge is 0.255 e. The molecule has 1 saturated heterocycles. The van der Waals surface area contributed by atoms with Crippen molar-refractivity contribution in [1.29, 1.82) is 0 Å². The molecule has 190 valence electrons. The summed E-state index contributed by atoms with van der Waals surface area (Å²) in [5.41, 5.74) is 2.49. The van der Waals surface area contributed by atoms with E-state index in [9.17, 15) is 14.0 Å². The van der Waals surface area contributed by atoms with Gasteiger partial charge in [-0.3, -0.25) is 14.2 Å². The van der Waals surface area contributed by atoms with Gasteiger partial charge in [-0.2, -0.15) is 0 Å². The summed E-state index contributed by atoms with van der Waals surface area (Å²) in [6.07, 6.45) is 6.09. The summed E-state index contributed by atoms with van der Waals surface area (Å²) in [4.78, 5) is 28.1. The highest BCUT2D eigenvalue weighted by Crippen LogP contribution is 2.32. The van der Waals surface area contributed by atoms with Gasteiger partial charge in [0.15, 0.2) is 0 Å². The van der Waals surface area contributed by atoms with E-state index < -0.39 is 0 Å². The van der Waals surface area contributed by atoms with Gasteiger partial charge in [0.1, 0.15) is 11.5 Å². The molecule has 0 N–H and O–H groups in total. The van der Waals surface area contributed by atoms with Gasteiger partial charge < -0.3 is 4.90 Å². The Morgan fingerprint density at radius 1 is 1.08 bits per heavy atom. The molecule has 2 atom stereocenters. The number of amides is 1. The lowest BCUT2D eigenvalue weighted by Gasteiger charge is -2.34. The van der Waals surface area contributed by atoms with Gasteiger partial charge in [0.05, 0.1) is 28.3 Å². The Balaban J connectivity index is 1.42. The number of carbonyl (C=O) groups is 1. The van der Waals surface area contributed by atoms with Crippen LogP contribution < -0.4 is 5.56 Å². The zero-order valence-electron chi connectivity index (χ0n) is 20.0. The zero-order valence-corrected chi connectivity index (χ0v) is 23.2. The molecule has 1 aliphatic heterocycles. The molecule has 0 saturated carbocycles. The summed E-state index contributed by atoms with van der Waals surface area (Å²) in [5, 5.41) is 8.74. The van der Waals surface area contributed by atoms with Gasteiger partial charge in [-0.15, -0.1) is 5.10 Å². The van der Waals surface area contributed by atoms with Crippen LogP contribution in [0.15, 0.2) is 80.7 Å². The molecule has 37 heavy (non-hydrogen) atoms. The largest absolute Gasteiger partial charge is 0.330 e. The predicted molar refractivity (Wildman–Crippen MR) is 145 cm³/mol. The molecule has 0 radical (unpaired) electrons. The average molecular weight is 629 g/mol. The van der Waals surface area contributed by atoms with Crippen LogP contribution in [0.4, 0.5) is 4.39 Å². The molecule has 1 aliphatic rings. The standard InChI is InChI=1S/C27H24Br2FN5O2/c1-17(18-8-10-23(30)22(29)13-18)35-16-24(31-32-35)25-7-2-3-12-33(25)27(37)19-9-11-26(36)34(15-19)21-6-4-5-20(28)14-21/h4-6,8-11,13-17,25H,2-3,7,12H2,1H3/t17-,25?/m0/s1. The Hall–Kier alpha value is -3.11. The fraction of sp³-hybridized carbons (Fsp3) is 0.259. The summed E-state index contributed by atoms with van der Waals surface area (Å²) in [6, 6.07) is 14.9. The van der Waals surface area contributed by atoms with Crippen LogP contribution in [0, 0.1) is 5.82 Å². The highest BCUT2D eigenvalue weighted by molar-refractivity contribution is 9.10. The van der Waals surface area contributed by atoms with Crippen LogP contribution in [0.3, 0.4) is 0 Å². The van der Waals surface area contributed by atoms with Crippen molar-refractivity contribution in [3.8, 4) is 5.69 Å². The summed E-state index contributed by atoms with van der Waals surface area (Å²) in [7, 11) is 0. The molecule has 2 aromatic carbocycles. The topological polar surface area (TPSA) is 73.0 Å². The summed E-state index contributed by atoms with van der Waals surface area (Å²) >= 11 is 6.68. The first-order valence-electron chi connectivity index (χ1n) is 12.0. The van der Waals surface area contributed by atoms with Gasteiger partial charge in [-0.1, -0.05) is 33.3 Å². The molecule has 1 fully saturated rings. The van der Waals surface area contributed by atoms with Crippen molar-refractivity contribution in [3.05, 3.63) is 109 Å². The van der Waals surface area contributed by atoms with Crippen LogP contribution in [-0.2, 0) is 0 Å². The van der Waals surface area contributed by atoms with Crippen LogP contribution >= 0.6 is 31.9 Å². The van der Waals surface area contributed by atoms with E-state index in [-0.39, 0.29) is 29.4 Å². The maximum absolute atomic E-state index is 13.7. The SMILES string of the molecule is C[C@@H](c1ccc(F)c(Br)c1)n1cc(C2CCCCN2C(=O)c2ccc(=O)n(-c3cccc(Br)c3)c2)nn1. The number of likely N-dealkylation sites (tertiary alicyclic amines) is 1. The normalized spacial score (nSPS) is 16.5. The monoisotopic (exact) mass is 627 g/mol. The number of benzene rings is 2. The number of halogens is 3. The third kappa shape index (κ3) is 5.31. The number of rotatable bonds is 5. The zero-order chi connectivity index (χ0) is 26.1. The van der Waals surface area contributed by atoms with Crippen molar-refractivity contribution in [2.45, 2.75) is 38.3 Å². The highest BCUT2D eigenvalue weighted by Gasteiger charge is 2.31. The van der Waals surface area contributed by atoms with E-state index in [0.29, 0.717) is 28.0 Å². The van der Waals surface area contributed by atoms with Crippen LogP contribution in [0.1, 0.15) is 59.9 Å². The first-order chi connectivity index (χ1) is 17.8. The molecule has 0 aliphatic carbocycles. The minimum Gasteiger partial charge on any atom is -0.330 e. The van der Waals surface area contributed by atoms with E-state index in [1.807, 2.05) is 42.3 Å². The number of carbonyl (C=O) groups excluding carboxylic acids is 1. The van der Waals surface area contributed by atoms with Crippen molar-refractivity contribution in [3.63, 3.8) is 0 Å². The molecule has 3 heterocycles. The lowest BCUT2D eigenvalue weighted by molar-refractivity contribution is 0.0605. The Morgan fingerprint density at radius 3 is 2.70 bits per heavy atom. The van der Waals surface area contributed by atoms with Crippen molar-refractivity contribution < 1.29 is 9.18 Å². The lowest BCUT2D eigenvalue weighted by atomic mass is 9.98. The second kappa shape index (κ2) is 10.7. The quantitative estimate of drug-likeness (QED) is 0.269. The minimum absolute atomic E-state index is 0.154. The fourth-order valence-electron chi connectivity index (χ4n) is 4.65. The molecule has 1 unspecified atom stereocenters. The van der Waals surface area contributed by atoms with E-state index in [1.165, 1.54) is 16.7 Å². The predicted octanol–water partition coefficient (Wildman–Crippen LogP) is 6.07. The van der Waals surface area contributed by atoms with E-state index in [2.05, 4.69) is 42.2 Å². The van der Waals surface area contributed by atoms with Crippen molar-refractivity contribution >= 4 is 37.8 Å². The van der Waals surface area contributed by atoms with Gasteiger partial charge in [0.2, 0.25) is 0 Å². The van der Waals surface area contributed by atoms with Crippen LogP contribution in [0.5, 0.6) is 0 Å². The van der Waals surface area contributed by atoms with Gasteiger partial charge in [-0.25, -0.2) is 9.07 Å². The average Bonchev–Trinajstić information content (AvgIpc) is 3.40. The maximum Gasteiger partial charge on any atom is 0.255 e. The summed E-state index contributed by atoms with van der Waals surface area (Å²) in [5.74, 6) is -0.476. The molecule has 4 aromatic rings. The third-order valence-electron chi connectivity index (χ3n) is 6.70. The molecule has 7 nitrogen and oxygen atoms in total. The Morgan fingerprint density at radius 2 is 1.92 bits per heavy atom. The Kier molecular flexibility index (Phi) is 7.39. The first kappa shape index (κ1) is 25.5. The van der Waals surface area contributed by atoms with E-state index in [4.69, 9.17) is 0 Å². The number of nitrogens with zero attached hydrogens (tertiary/aromatic N) is 5.